The molecule has 0 saturated carbocycles. The van der Waals surface area contributed by atoms with E-state index in [9.17, 15) is 4.79 Å². The van der Waals surface area contributed by atoms with Gasteiger partial charge in [0.05, 0.1) is 6.61 Å². The number of allylic oxidation sites excluding steroid dienone is 1. The average molecular weight is 250 g/mol. The average Bonchev–Trinajstić information content (AvgIpc) is 2.31. The first-order valence-corrected chi connectivity index (χ1v) is 5.52. The van der Waals surface area contributed by atoms with Crippen LogP contribution in [0.15, 0.2) is 29.8 Å². The number of esters is 1. The molecule has 1 aromatic rings. The lowest BCUT2D eigenvalue weighted by Gasteiger charge is -2.05. The van der Waals surface area contributed by atoms with Crippen molar-refractivity contribution in [2.45, 2.75) is 13.8 Å². The normalized spacial score (nSPS) is 11.4. The minimum Gasteiger partial charge on any atom is -0.462 e. The van der Waals surface area contributed by atoms with Gasteiger partial charge in [-0.25, -0.2) is 4.79 Å². The summed E-state index contributed by atoms with van der Waals surface area (Å²) in [7, 11) is 0. The number of nitrogens with zero attached hydrogens (tertiary/aromatic N) is 1. The van der Waals surface area contributed by atoms with Crippen LogP contribution >= 0.6 is 11.6 Å². The monoisotopic (exact) mass is 249 g/mol. The molecule has 0 atom stereocenters. The topological polar surface area (TPSA) is 50.1 Å². The van der Waals surface area contributed by atoms with Crippen molar-refractivity contribution in [3.63, 3.8) is 0 Å². The highest BCUT2D eigenvalue weighted by Gasteiger charge is 2.14. The van der Waals surface area contributed by atoms with Crippen molar-refractivity contribution in [1.29, 1.82) is 5.26 Å². The number of carbonyl (C=O) groups is 1. The van der Waals surface area contributed by atoms with Crippen molar-refractivity contribution in [1.82, 2.24) is 0 Å². The van der Waals surface area contributed by atoms with Crippen molar-refractivity contribution >= 4 is 23.1 Å². The number of benzene rings is 1. The number of carbonyl (C=O) groups excluding carboxylic acids is 1. The zero-order chi connectivity index (χ0) is 12.8. The Morgan fingerprint density at radius 1 is 1.41 bits per heavy atom. The standard InChI is InChI=1S/C13H12ClNO2/c1-3-17-13(16)12(8-15)9(2)10-4-6-11(14)7-5-10/h4-7H,3H2,1-2H3. The van der Waals surface area contributed by atoms with Crippen LogP contribution in [0.4, 0.5) is 0 Å². The number of hydrogen-bond donors (Lipinski definition) is 0. The molecule has 1 rings (SSSR count). The number of halogens is 1. The largest absolute Gasteiger partial charge is 0.462 e. The molecular formula is C13H12ClNO2. The Kier molecular flexibility index (Phi) is 4.74. The van der Waals surface area contributed by atoms with E-state index < -0.39 is 5.97 Å². The lowest BCUT2D eigenvalue weighted by atomic mass is 10.0. The molecule has 0 amide bonds. The molecule has 3 nitrogen and oxygen atoms in total. The zero-order valence-corrected chi connectivity index (χ0v) is 10.4. The summed E-state index contributed by atoms with van der Waals surface area (Å²) in [6.07, 6.45) is 0. The fourth-order valence-electron chi connectivity index (χ4n) is 1.33. The first-order chi connectivity index (χ1) is 8.10. The Balaban J connectivity index is 3.13. The van der Waals surface area contributed by atoms with Crippen molar-refractivity contribution in [2.75, 3.05) is 6.61 Å². The van der Waals surface area contributed by atoms with Crippen LogP contribution in [0.25, 0.3) is 5.57 Å². The fourth-order valence-corrected chi connectivity index (χ4v) is 1.46. The Morgan fingerprint density at radius 2 is 2.00 bits per heavy atom. The van der Waals surface area contributed by atoms with Gasteiger partial charge in [0.25, 0.3) is 0 Å². The molecule has 0 bridgehead atoms. The van der Waals surface area contributed by atoms with Gasteiger partial charge >= 0.3 is 5.97 Å². The number of hydrogen-bond acceptors (Lipinski definition) is 3. The van der Waals surface area contributed by atoms with Crippen LogP contribution in [0.1, 0.15) is 19.4 Å². The van der Waals surface area contributed by atoms with E-state index in [0.29, 0.717) is 10.6 Å². The van der Waals surface area contributed by atoms with Crippen LogP contribution < -0.4 is 0 Å². The Morgan fingerprint density at radius 3 is 2.47 bits per heavy atom. The summed E-state index contributed by atoms with van der Waals surface area (Å²) in [5, 5.41) is 9.58. The highest BCUT2D eigenvalue weighted by atomic mass is 35.5. The first kappa shape index (κ1) is 13.3. The Hall–Kier alpha value is -1.79. The summed E-state index contributed by atoms with van der Waals surface area (Å²) < 4.78 is 4.82. The maximum Gasteiger partial charge on any atom is 0.349 e. The number of rotatable bonds is 3. The molecule has 0 aliphatic rings. The lowest BCUT2D eigenvalue weighted by molar-refractivity contribution is -0.137. The van der Waals surface area contributed by atoms with Gasteiger partial charge < -0.3 is 4.74 Å². The minimum atomic E-state index is -0.595. The summed E-state index contributed by atoms with van der Waals surface area (Å²) in [6.45, 7) is 3.65. The second-order valence-corrected chi connectivity index (χ2v) is 3.78. The summed E-state index contributed by atoms with van der Waals surface area (Å²) in [4.78, 5) is 11.5. The van der Waals surface area contributed by atoms with Crippen LogP contribution in [0.3, 0.4) is 0 Å². The van der Waals surface area contributed by atoms with Crippen LogP contribution in [0, 0.1) is 11.3 Å². The predicted molar refractivity (Wildman–Crippen MR) is 66.3 cm³/mol. The van der Waals surface area contributed by atoms with Crippen molar-refractivity contribution in [3.8, 4) is 6.07 Å². The van der Waals surface area contributed by atoms with Gasteiger partial charge in [-0.3, -0.25) is 0 Å². The van der Waals surface area contributed by atoms with Crippen LogP contribution in [-0.2, 0) is 9.53 Å². The molecule has 0 aliphatic carbocycles. The van der Waals surface area contributed by atoms with Gasteiger partial charge in [-0.05, 0) is 37.1 Å². The van der Waals surface area contributed by atoms with E-state index >= 15 is 0 Å². The molecule has 4 heteroatoms. The Labute approximate surface area is 105 Å². The molecule has 0 unspecified atom stereocenters. The lowest BCUT2D eigenvalue weighted by Crippen LogP contribution is -2.07. The van der Waals surface area contributed by atoms with E-state index in [1.54, 1.807) is 38.1 Å². The highest BCUT2D eigenvalue weighted by molar-refractivity contribution is 6.30. The third-order valence-corrected chi connectivity index (χ3v) is 2.50. The van der Waals surface area contributed by atoms with Crippen LogP contribution in [0.2, 0.25) is 5.02 Å². The van der Waals surface area contributed by atoms with Gasteiger partial charge in [0, 0.05) is 5.02 Å². The van der Waals surface area contributed by atoms with E-state index in [4.69, 9.17) is 21.6 Å². The maximum atomic E-state index is 11.5. The van der Waals surface area contributed by atoms with Gasteiger partial charge in [-0.2, -0.15) is 5.26 Å². The smallest absolute Gasteiger partial charge is 0.349 e. The zero-order valence-electron chi connectivity index (χ0n) is 9.66. The molecule has 1 aromatic carbocycles. The molecule has 0 heterocycles. The second-order valence-electron chi connectivity index (χ2n) is 3.34. The fraction of sp³-hybridized carbons (Fsp3) is 0.231. The van der Waals surface area contributed by atoms with E-state index in [1.165, 1.54) is 0 Å². The third kappa shape index (κ3) is 3.33. The second kappa shape index (κ2) is 6.07. The van der Waals surface area contributed by atoms with E-state index in [2.05, 4.69) is 0 Å². The minimum absolute atomic E-state index is 0.0224. The van der Waals surface area contributed by atoms with E-state index in [0.717, 1.165) is 5.56 Å². The molecule has 0 fully saturated rings. The molecule has 0 N–H and O–H groups in total. The van der Waals surface area contributed by atoms with Crippen molar-refractivity contribution in [3.05, 3.63) is 40.4 Å². The summed E-state index contributed by atoms with van der Waals surface area (Å²) in [5.41, 5.74) is 1.38. The van der Waals surface area contributed by atoms with Crippen LogP contribution in [-0.4, -0.2) is 12.6 Å². The molecule has 88 valence electrons. The first-order valence-electron chi connectivity index (χ1n) is 5.14. The maximum absolute atomic E-state index is 11.5. The number of ether oxygens (including phenoxy) is 1. The molecule has 0 aromatic heterocycles. The quantitative estimate of drug-likeness (QED) is 0.470. The summed E-state index contributed by atoms with van der Waals surface area (Å²) in [5.74, 6) is -0.595. The summed E-state index contributed by atoms with van der Waals surface area (Å²) in [6, 6.07) is 8.81. The van der Waals surface area contributed by atoms with E-state index in [1.807, 2.05) is 6.07 Å². The molecule has 0 saturated heterocycles. The van der Waals surface area contributed by atoms with Gasteiger partial charge in [0.15, 0.2) is 0 Å². The molecule has 0 spiro atoms. The van der Waals surface area contributed by atoms with E-state index in [-0.39, 0.29) is 12.2 Å². The van der Waals surface area contributed by atoms with Crippen molar-refractivity contribution in [2.24, 2.45) is 0 Å². The highest BCUT2D eigenvalue weighted by Crippen LogP contribution is 2.20. The van der Waals surface area contributed by atoms with Gasteiger partial charge in [-0.1, -0.05) is 23.7 Å². The van der Waals surface area contributed by atoms with Crippen molar-refractivity contribution < 1.29 is 9.53 Å². The van der Waals surface area contributed by atoms with Gasteiger partial charge in [0.2, 0.25) is 0 Å². The molecular weight excluding hydrogens is 238 g/mol. The molecule has 0 aliphatic heterocycles. The van der Waals surface area contributed by atoms with Gasteiger partial charge in [-0.15, -0.1) is 0 Å². The third-order valence-electron chi connectivity index (χ3n) is 2.24. The number of nitriles is 1. The van der Waals surface area contributed by atoms with Crippen LogP contribution in [0.5, 0.6) is 0 Å². The predicted octanol–water partition coefficient (Wildman–Crippen LogP) is 3.20. The van der Waals surface area contributed by atoms with Gasteiger partial charge in [0.1, 0.15) is 11.6 Å². The SMILES string of the molecule is CCOC(=O)C(C#N)=C(C)c1ccc(Cl)cc1. The summed E-state index contributed by atoms with van der Waals surface area (Å²) >= 11 is 5.77. The molecule has 0 radical (unpaired) electrons. The Bertz CT molecular complexity index is 483. The molecule has 17 heavy (non-hydrogen) atoms.